The van der Waals surface area contributed by atoms with Gasteiger partial charge in [0.25, 0.3) is 0 Å². The lowest BCUT2D eigenvalue weighted by molar-refractivity contribution is 1.35. The van der Waals surface area contributed by atoms with Crippen molar-refractivity contribution in [3.05, 3.63) is 48.7 Å². The summed E-state index contributed by atoms with van der Waals surface area (Å²) in [4.78, 5) is 4.32. The van der Waals surface area contributed by atoms with Gasteiger partial charge < -0.3 is 0 Å². The van der Waals surface area contributed by atoms with Gasteiger partial charge in [-0.15, -0.1) is 0 Å². The van der Waals surface area contributed by atoms with E-state index in [1.165, 1.54) is 0 Å². The Balaban J connectivity index is 2.64. The topological polar surface area (TPSA) is 36.7 Å². The van der Waals surface area contributed by atoms with Crippen LogP contribution in [0.5, 0.6) is 0 Å². The molecular formula is C12H8N2. The van der Waals surface area contributed by atoms with Crippen molar-refractivity contribution in [1.29, 1.82) is 5.26 Å². The average Bonchev–Trinajstić information content (AvgIpc) is 2.27. The Labute approximate surface area is 82.1 Å². The third-order valence-electron chi connectivity index (χ3n) is 2.04. The van der Waals surface area contributed by atoms with Gasteiger partial charge in [0, 0.05) is 5.39 Å². The van der Waals surface area contributed by atoms with Crippen LogP contribution in [0.2, 0.25) is 0 Å². The van der Waals surface area contributed by atoms with E-state index in [-0.39, 0.29) is 0 Å². The van der Waals surface area contributed by atoms with Crippen molar-refractivity contribution in [2.24, 2.45) is 0 Å². The number of aromatic nitrogens is 1. The van der Waals surface area contributed by atoms with E-state index in [4.69, 9.17) is 5.26 Å². The summed E-state index contributed by atoms with van der Waals surface area (Å²) >= 11 is 0. The van der Waals surface area contributed by atoms with Gasteiger partial charge in [0.2, 0.25) is 0 Å². The highest BCUT2D eigenvalue weighted by Gasteiger charge is 2.00. The van der Waals surface area contributed by atoms with Crippen LogP contribution >= 0.6 is 0 Å². The Kier molecular flexibility index (Phi) is 2.00. The van der Waals surface area contributed by atoms with E-state index < -0.39 is 0 Å². The summed E-state index contributed by atoms with van der Waals surface area (Å²) in [5, 5.41) is 9.74. The highest BCUT2D eigenvalue weighted by molar-refractivity contribution is 5.82. The van der Waals surface area contributed by atoms with Crippen LogP contribution in [0.1, 0.15) is 5.69 Å². The summed E-state index contributed by atoms with van der Waals surface area (Å²) in [6.45, 7) is 3.63. The van der Waals surface area contributed by atoms with Crippen molar-refractivity contribution < 1.29 is 0 Å². The lowest BCUT2D eigenvalue weighted by Crippen LogP contribution is -1.86. The first-order valence-corrected chi connectivity index (χ1v) is 4.26. The third kappa shape index (κ3) is 1.36. The summed E-state index contributed by atoms with van der Waals surface area (Å²) in [5.74, 6) is 0. The van der Waals surface area contributed by atoms with Crippen molar-refractivity contribution in [2.75, 3.05) is 0 Å². The van der Waals surface area contributed by atoms with Gasteiger partial charge in [0.05, 0.1) is 16.8 Å². The molecule has 0 saturated carbocycles. The molecule has 0 atom stereocenters. The molecule has 2 rings (SSSR count). The fraction of sp³-hybridized carbons (Fsp3) is 0. The molecule has 0 N–H and O–H groups in total. The first-order chi connectivity index (χ1) is 6.81. The first-order valence-electron chi connectivity index (χ1n) is 4.26. The second kappa shape index (κ2) is 3.31. The van der Waals surface area contributed by atoms with Gasteiger partial charge >= 0.3 is 0 Å². The maximum atomic E-state index is 8.67. The highest BCUT2D eigenvalue weighted by atomic mass is 14.7. The van der Waals surface area contributed by atoms with E-state index in [1.54, 1.807) is 0 Å². The minimum absolute atomic E-state index is 0.399. The number of hydrogen-bond acceptors (Lipinski definition) is 2. The zero-order valence-electron chi connectivity index (χ0n) is 7.57. The molecule has 0 radical (unpaired) electrons. The number of allylic oxidation sites excluding steroid dienone is 1. The van der Waals surface area contributed by atoms with Crippen LogP contribution in [0.4, 0.5) is 0 Å². The smallest absolute Gasteiger partial charge is 0.101 e. The molecule has 2 nitrogen and oxygen atoms in total. The minimum Gasteiger partial charge on any atom is -0.247 e. The molecule has 1 aromatic carbocycles. The Morgan fingerprint density at radius 2 is 2.00 bits per heavy atom. The summed E-state index contributed by atoms with van der Waals surface area (Å²) in [7, 11) is 0. The van der Waals surface area contributed by atoms with Crippen molar-refractivity contribution >= 4 is 16.5 Å². The predicted octanol–water partition coefficient (Wildman–Crippen LogP) is 2.77. The van der Waals surface area contributed by atoms with Crippen LogP contribution in [-0.2, 0) is 0 Å². The van der Waals surface area contributed by atoms with E-state index >= 15 is 0 Å². The Morgan fingerprint density at radius 3 is 2.79 bits per heavy atom. The van der Waals surface area contributed by atoms with Gasteiger partial charge in [0.1, 0.15) is 6.07 Å². The van der Waals surface area contributed by atoms with E-state index in [0.717, 1.165) is 10.9 Å². The monoisotopic (exact) mass is 180 g/mol. The molecule has 66 valence electrons. The van der Waals surface area contributed by atoms with Crippen molar-refractivity contribution in [1.82, 2.24) is 4.98 Å². The maximum Gasteiger partial charge on any atom is 0.101 e. The molecule has 0 spiro atoms. The standard InChI is InChI=1S/C12H8N2/c1-9(8-13)11-7-6-10-4-2-3-5-12(10)14-11/h2-7H,1H2. The number of nitriles is 1. The van der Waals surface area contributed by atoms with Gasteiger partial charge in [-0.2, -0.15) is 5.26 Å². The quantitative estimate of drug-likeness (QED) is 0.633. The van der Waals surface area contributed by atoms with E-state index in [9.17, 15) is 0 Å². The SMILES string of the molecule is C=C(C#N)c1ccc2ccccc2n1. The first kappa shape index (κ1) is 8.46. The number of pyridine rings is 1. The molecule has 0 amide bonds. The van der Waals surface area contributed by atoms with Crippen LogP contribution < -0.4 is 0 Å². The Hall–Kier alpha value is -2.14. The highest BCUT2D eigenvalue weighted by Crippen LogP contribution is 2.15. The normalized spacial score (nSPS) is 9.64. The van der Waals surface area contributed by atoms with Crippen molar-refractivity contribution in [3.8, 4) is 6.07 Å². The maximum absolute atomic E-state index is 8.67. The molecule has 0 bridgehead atoms. The Bertz CT molecular complexity index is 535. The van der Waals surface area contributed by atoms with Gasteiger partial charge in [0.15, 0.2) is 0 Å². The number of fused-ring (bicyclic) bond motifs is 1. The molecule has 14 heavy (non-hydrogen) atoms. The summed E-state index contributed by atoms with van der Waals surface area (Å²) < 4.78 is 0. The molecule has 0 unspecified atom stereocenters. The van der Waals surface area contributed by atoms with Gasteiger partial charge in [-0.3, -0.25) is 0 Å². The zero-order valence-corrected chi connectivity index (χ0v) is 7.57. The lowest BCUT2D eigenvalue weighted by Gasteiger charge is -1.99. The number of rotatable bonds is 1. The van der Waals surface area contributed by atoms with Crippen LogP contribution in [0.15, 0.2) is 43.0 Å². The van der Waals surface area contributed by atoms with Crippen LogP contribution in [0, 0.1) is 11.3 Å². The summed E-state index contributed by atoms with van der Waals surface area (Å²) in [6, 6.07) is 13.5. The minimum atomic E-state index is 0.399. The number of para-hydroxylation sites is 1. The van der Waals surface area contributed by atoms with Crippen LogP contribution in [0.3, 0.4) is 0 Å². The molecule has 0 fully saturated rings. The summed E-state index contributed by atoms with van der Waals surface area (Å²) in [6.07, 6.45) is 0. The zero-order chi connectivity index (χ0) is 9.97. The summed E-state index contributed by atoms with van der Waals surface area (Å²) in [5.41, 5.74) is 1.93. The molecule has 2 aromatic rings. The molecule has 1 aromatic heterocycles. The van der Waals surface area contributed by atoms with E-state index in [0.29, 0.717) is 11.3 Å². The molecule has 2 heteroatoms. The number of hydrogen-bond donors (Lipinski definition) is 0. The van der Waals surface area contributed by atoms with Crippen molar-refractivity contribution in [3.63, 3.8) is 0 Å². The Morgan fingerprint density at radius 1 is 1.21 bits per heavy atom. The molecule has 0 aliphatic rings. The third-order valence-corrected chi connectivity index (χ3v) is 2.04. The van der Waals surface area contributed by atoms with Crippen LogP contribution in [0.25, 0.3) is 16.5 Å². The fourth-order valence-corrected chi connectivity index (χ4v) is 1.29. The second-order valence-corrected chi connectivity index (χ2v) is 2.98. The van der Waals surface area contributed by atoms with Crippen LogP contribution in [-0.4, -0.2) is 4.98 Å². The number of nitrogens with zero attached hydrogens (tertiary/aromatic N) is 2. The second-order valence-electron chi connectivity index (χ2n) is 2.98. The molecule has 0 saturated heterocycles. The van der Waals surface area contributed by atoms with Gasteiger partial charge in [-0.25, -0.2) is 4.98 Å². The van der Waals surface area contributed by atoms with E-state index in [1.807, 2.05) is 42.5 Å². The van der Waals surface area contributed by atoms with E-state index in [2.05, 4.69) is 11.6 Å². The largest absolute Gasteiger partial charge is 0.247 e. The predicted molar refractivity (Wildman–Crippen MR) is 56.4 cm³/mol. The lowest BCUT2D eigenvalue weighted by atomic mass is 10.1. The molecular weight excluding hydrogens is 172 g/mol. The van der Waals surface area contributed by atoms with Gasteiger partial charge in [-0.1, -0.05) is 30.8 Å². The molecule has 0 aliphatic heterocycles. The van der Waals surface area contributed by atoms with Crippen molar-refractivity contribution in [2.45, 2.75) is 0 Å². The molecule has 0 aliphatic carbocycles. The molecule has 1 heterocycles. The fourth-order valence-electron chi connectivity index (χ4n) is 1.29. The number of benzene rings is 1. The average molecular weight is 180 g/mol. The van der Waals surface area contributed by atoms with Gasteiger partial charge in [-0.05, 0) is 12.1 Å².